The van der Waals surface area contributed by atoms with Crippen LogP contribution in [0.25, 0.3) is 11.3 Å². The molecule has 17 heteroatoms. The molecule has 0 atom stereocenters. The van der Waals surface area contributed by atoms with Crippen molar-refractivity contribution >= 4 is 34.7 Å². The van der Waals surface area contributed by atoms with Gasteiger partial charge in [-0.25, -0.2) is 23.7 Å². The Morgan fingerprint density at radius 1 is 0.696 bits per heavy atom. The molecule has 2 amide bonds. The molecule has 0 saturated carbocycles. The van der Waals surface area contributed by atoms with E-state index in [1.165, 1.54) is 37.7 Å². The van der Waals surface area contributed by atoms with Crippen LogP contribution in [0.2, 0.25) is 0 Å². The fourth-order valence-corrected chi connectivity index (χ4v) is 5.34. The normalized spacial score (nSPS) is 10.7. The van der Waals surface area contributed by atoms with Crippen molar-refractivity contribution in [3.63, 3.8) is 0 Å². The molecular formula is C39H34F2N10O5. The summed E-state index contributed by atoms with van der Waals surface area (Å²) in [6, 6.07) is 15.9. The van der Waals surface area contributed by atoms with Crippen LogP contribution < -0.4 is 24.8 Å². The van der Waals surface area contributed by atoms with Gasteiger partial charge in [0.05, 0.1) is 55.4 Å². The topological polar surface area (TPSA) is 172 Å². The molecule has 56 heavy (non-hydrogen) atoms. The minimum atomic E-state index is -0.525. The van der Waals surface area contributed by atoms with E-state index >= 15 is 0 Å². The van der Waals surface area contributed by atoms with E-state index < -0.39 is 17.5 Å². The number of pyridine rings is 6. The molecule has 0 aliphatic heterocycles. The number of imidazole rings is 2. The van der Waals surface area contributed by atoms with Gasteiger partial charge in [-0.15, -0.1) is 0 Å². The quantitative estimate of drug-likeness (QED) is 0.140. The molecule has 8 aromatic heterocycles. The molecule has 0 saturated heterocycles. The van der Waals surface area contributed by atoms with Crippen LogP contribution in [0.3, 0.4) is 0 Å². The van der Waals surface area contributed by atoms with E-state index in [1.807, 2.05) is 19.1 Å². The van der Waals surface area contributed by atoms with Crippen molar-refractivity contribution in [2.24, 2.45) is 0 Å². The Labute approximate surface area is 319 Å². The molecule has 0 radical (unpaired) electrons. The highest BCUT2D eigenvalue weighted by molar-refractivity contribution is 6.08. The average Bonchev–Trinajstić information content (AvgIpc) is 3.88. The molecule has 8 rings (SSSR count). The Morgan fingerprint density at radius 3 is 1.71 bits per heavy atom. The van der Waals surface area contributed by atoms with Crippen molar-refractivity contribution in [3.8, 4) is 28.9 Å². The average molecular weight is 761 g/mol. The van der Waals surface area contributed by atoms with Crippen LogP contribution in [-0.2, 0) is 6.42 Å². The number of nitrogens with zero attached hydrogens (tertiary/aromatic N) is 8. The molecule has 0 aromatic carbocycles. The third kappa shape index (κ3) is 8.69. The van der Waals surface area contributed by atoms with Crippen molar-refractivity contribution < 1.29 is 35.4 Å². The lowest BCUT2D eigenvalue weighted by molar-refractivity contribution is 0.101. The molecule has 0 spiro atoms. The summed E-state index contributed by atoms with van der Waals surface area (Å²) in [6.45, 7) is 1.99. The zero-order valence-corrected chi connectivity index (χ0v) is 29.6. The van der Waals surface area contributed by atoms with Crippen molar-refractivity contribution in [1.82, 2.24) is 38.7 Å². The Balaban J connectivity index is 0.000000214. The number of amides is 2. The van der Waals surface area contributed by atoms with Crippen LogP contribution in [-0.4, -0.2) is 57.6 Å². The second kappa shape index (κ2) is 16.5. The van der Waals surface area contributed by atoms with E-state index in [1.54, 1.807) is 76.3 Å². The largest absolute Gasteiger partial charge is 0.481 e. The van der Waals surface area contributed by atoms with E-state index in [4.69, 9.17) is 14.2 Å². The predicted octanol–water partition coefficient (Wildman–Crippen LogP) is 7.68. The Bertz CT molecular complexity index is 2520. The lowest BCUT2D eigenvalue weighted by Crippen LogP contribution is -2.15. The highest BCUT2D eigenvalue weighted by atomic mass is 19.1. The van der Waals surface area contributed by atoms with Gasteiger partial charge in [0.2, 0.25) is 5.88 Å². The number of halogens is 2. The second-order valence-electron chi connectivity index (χ2n) is 11.7. The highest BCUT2D eigenvalue weighted by Crippen LogP contribution is 2.27. The number of ether oxygens (including phenoxy) is 3. The molecule has 0 aliphatic carbocycles. The van der Waals surface area contributed by atoms with Gasteiger partial charge in [0, 0.05) is 51.5 Å². The summed E-state index contributed by atoms with van der Waals surface area (Å²) in [5.41, 5.74) is 2.34. The number of carbonyl (C=O) groups is 2. The van der Waals surface area contributed by atoms with Gasteiger partial charge in [0.25, 0.3) is 11.8 Å². The van der Waals surface area contributed by atoms with Crippen molar-refractivity contribution in [1.29, 1.82) is 0 Å². The van der Waals surface area contributed by atoms with E-state index in [9.17, 15) is 18.4 Å². The number of hydrogen-bond acceptors (Lipinski definition) is 11. The number of aryl methyl sites for hydroxylation is 1. The lowest BCUT2D eigenvalue weighted by atomic mass is 10.2. The molecule has 0 aliphatic rings. The summed E-state index contributed by atoms with van der Waals surface area (Å²) in [5.74, 6) is 0.413. The Kier molecular flexibility index (Phi) is 10.7. The van der Waals surface area contributed by atoms with Gasteiger partial charge in [-0.05, 0) is 36.8 Å². The van der Waals surface area contributed by atoms with E-state index in [-0.39, 0.29) is 25.8 Å². The third-order valence-corrected chi connectivity index (χ3v) is 7.83. The molecule has 0 bridgehead atoms. The Hall–Kier alpha value is -7.82. The number of fused-ring (bicyclic) bond motifs is 2. The molecule has 284 valence electrons. The van der Waals surface area contributed by atoms with E-state index in [0.717, 1.165) is 24.5 Å². The lowest BCUT2D eigenvalue weighted by Gasteiger charge is -2.10. The van der Waals surface area contributed by atoms with Gasteiger partial charge in [-0.2, -0.15) is 4.98 Å². The molecular weight excluding hydrogens is 726 g/mol. The van der Waals surface area contributed by atoms with Gasteiger partial charge in [-0.3, -0.25) is 19.6 Å². The first-order chi connectivity index (χ1) is 27.2. The number of aromatic nitrogens is 8. The summed E-state index contributed by atoms with van der Waals surface area (Å²) in [5, 5.41) is 5.49. The molecule has 0 unspecified atom stereocenters. The monoisotopic (exact) mass is 760 g/mol. The minimum absolute atomic E-state index is 0. The van der Waals surface area contributed by atoms with Crippen molar-refractivity contribution in [3.05, 3.63) is 151 Å². The minimum Gasteiger partial charge on any atom is -0.481 e. The molecule has 15 nitrogen and oxygen atoms in total. The summed E-state index contributed by atoms with van der Waals surface area (Å²) in [6.07, 6.45) is 15.5. The van der Waals surface area contributed by atoms with Crippen LogP contribution in [0.15, 0.2) is 123 Å². The van der Waals surface area contributed by atoms with E-state index in [0.29, 0.717) is 45.9 Å². The van der Waals surface area contributed by atoms with Gasteiger partial charge in [-0.1, -0.05) is 19.1 Å². The zero-order chi connectivity index (χ0) is 39.0. The second-order valence-corrected chi connectivity index (χ2v) is 11.7. The molecule has 8 aromatic rings. The summed E-state index contributed by atoms with van der Waals surface area (Å²) in [7, 11) is 1.49. The Morgan fingerprint density at radius 2 is 1.21 bits per heavy atom. The maximum atomic E-state index is 13.4. The molecule has 0 fully saturated rings. The SMILES string of the molecule is CCc1cccc(NC(=O)c2cc(Oc3cncc(F)c3)cn3ccnc23)n1.COc1cccc(NC(=O)c2cc(Oc3cncc(F)c3)cn3ccnc23)n1.[HH].[HH]. The number of rotatable bonds is 10. The number of nitrogens with one attached hydrogen (secondary N) is 2. The first-order valence-electron chi connectivity index (χ1n) is 16.8. The first-order valence-corrected chi connectivity index (χ1v) is 16.8. The zero-order valence-electron chi connectivity index (χ0n) is 29.6. The smallest absolute Gasteiger partial charge is 0.260 e. The molecule has 8 heterocycles. The number of anilines is 2. The van der Waals surface area contributed by atoms with Crippen LogP contribution in [0, 0.1) is 11.6 Å². The number of methoxy groups -OCH3 is 1. The van der Waals surface area contributed by atoms with Gasteiger partial charge in [0.1, 0.15) is 57.6 Å². The fraction of sp³-hybridized carbons (Fsp3) is 0.0769. The maximum absolute atomic E-state index is 13.4. The van der Waals surface area contributed by atoms with E-state index in [2.05, 4.69) is 40.5 Å². The standard InChI is InChI=1S/C20H16FN5O2.C19H14FN5O3.2H2/c1-2-14-4-3-5-18(24-14)25-20(27)17-9-16(12-26-7-6-23-19(17)26)28-15-8-13(21)10-22-11-15;1-27-17-4-2-3-16(23-17)24-19(26)15-8-14(11-25-6-5-22-18(15)25)28-13-7-12(20)9-21-10-13;;/h3-12H,2H2,1H3,(H,24,25,27);2-11H,1H3,(H,23,24,26);2*1H. The third-order valence-electron chi connectivity index (χ3n) is 7.83. The fourth-order valence-electron chi connectivity index (χ4n) is 5.34. The number of hydrogen-bond donors (Lipinski definition) is 2. The van der Waals surface area contributed by atoms with Gasteiger partial charge >= 0.3 is 0 Å². The highest BCUT2D eigenvalue weighted by Gasteiger charge is 2.17. The van der Waals surface area contributed by atoms with Crippen LogP contribution in [0.1, 0.15) is 36.2 Å². The van der Waals surface area contributed by atoms with Gasteiger partial charge < -0.3 is 33.6 Å². The predicted molar refractivity (Wildman–Crippen MR) is 203 cm³/mol. The van der Waals surface area contributed by atoms with Gasteiger partial charge in [0.15, 0.2) is 0 Å². The van der Waals surface area contributed by atoms with Crippen LogP contribution in [0.5, 0.6) is 28.9 Å². The first kappa shape index (κ1) is 36.5. The number of carbonyl (C=O) groups excluding carboxylic acids is 2. The summed E-state index contributed by atoms with van der Waals surface area (Å²) < 4.78 is 46.4. The van der Waals surface area contributed by atoms with Crippen molar-refractivity contribution in [2.45, 2.75) is 13.3 Å². The van der Waals surface area contributed by atoms with Crippen LogP contribution >= 0.6 is 0 Å². The molecule has 2 N–H and O–H groups in total. The maximum Gasteiger partial charge on any atom is 0.260 e. The van der Waals surface area contributed by atoms with Crippen molar-refractivity contribution in [2.75, 3.05) is 17.7 Å². The van der Waals surface area contributed by atoms with Crippen LogP contribution in [0.4, 0.5) is 20.4 Å². The summed E-state index contributed by atoms with van der Waals surface area (Å²) in [4.78, 5) is 50.1. The summed E-state index contributed by atoms with van der Waals surface area (Å²) >= 11 is 0.